The van der Waals surface area contributed by atoms with Crippen LogP contribution >= 0.6 is 0 Å². The normalized spacial score (nSPS) is 10.7. The first-order valence-corrected chi connectivity index (χ1v) is 4.62. The zero-order chi connectivity index (χ0) is 10.6. The van der Waals surface area contributed by atoms with Crippen molar-refractivity contribution < 1.29 is 4.79 Å². The standard InChI is InChI=1S/C12H15NO/c1-9-5-3-6-11(10(9)2)7-4-8-12(13)14/h3-7H,8H2,1-2H3,(H2,13,14). The fourth-order valence-corrected chi connectivity index (χ4v) is 1.26. The molecule has 14 heavy (non-hydrogen) atoms. The maximum absolute atomic E-state index is 10.5. The summed E-state index contributed by atoms with van der Waals surface area (Å²) in [5.74, 6) is -0.299. The highest BCUT2D eigenvalue weighted by Gasteiger charge is 1.96. The van der Waals surface area contributed by atoms with Gasteiger partial charge in [0.1, 0.15) is 0 Å². The Bertz CT molecular complexity index is 367. The molecule has 0 radical (unpaired) electrons. The minimum absolute atomic E-state index is 0.299. The fourth-order valence-electron chi connectivity index (χ4n) is 1.26. The van der Waals surface area contributed by atoms with Crippen molar-refractivity contribution in [2.45, 2.75) is 20.3 Å². The lowest BCUT2D eigenvalue weighted by molar-refractivity contribution is -0.117. The highest BCUT2D eigenvalue weighted by atomic mass is 16.1. The molecule has 0 fully saturated rings. The molecule has 0 saturated carbocycles. The lowest BCUT2D eigenvalue weighted by Crippen LogP contribution is -2.07. The molecule has 2 N–H and O–H groups in total. The number of aryl methyl sites for hydroxylation is 1. The Hall–Kier alpha value is -1.57. The second-order valence-corrected chi connectivity index (χ2v) is 3.36. The van der Waals surface area contributed by atoms with Gasteiger partial charge in [-0.25, -0.2) is 0 Å². The molecule has 1 rings (SSSR count). The summed E-state index contributed by atoms with van der Waals surface area (Å²) < 4.78 is 0. The Kier molecular flexibility index (Phi) is 3.46. The Labute approximate surface area is 84.4 Å². The van der Waals surface area contributed by atoms with Gasteiger partial charge in [0.05, 0.1) is 0 Å². The van der Waals surface area contributed by atoms with Crippen LogP contribution in [0, 0.1) is 13.8 Å². The van der Waals surface area contributed by atoms with Crippen molar-refractivity contribution >= 4 is 12.0 Å². The molecular weight excluding hydrogens is 174 g/mol. The topological polar surface area (TPSA) is 43.1 Å². The third-order valence-corrected chi connectivity index (χ3v) is 2.26. The third-order valence-electron chi connectivity index (χ3n) is 2.26. The smallest absolute Gasteiger partial charge is 0.221 e. The predicted octanol–water partition coefficient (Wildman–Crippen LogP) is 2.19. The largest absolute Gasteiger partial charge is 0.369 e. The first-order valence-electron chi connectivity index (χ1n) is 4.62. The van der Waals surface area contributed by atoms with Gasteiger partial charge in [0.25, 0.3) is 0 Å². The van der Waals surface area contributed by atoms with Gasteiger partial charge in [-0.1, -0.05) is 30.4 Å². The van der Waals surface area contributed by atoms with Crippen LogP contribution in [0.4, 0.5) is 0 Å². The Morgan fingerprint density at radius 3 is 2.79 bits per heavy atom. The molecule has 0 aliphatic heterocycles. The summed E-state index contributed by atoms with van der Waals surface area (Å²) in [4.78, 5) is 10.5. The number of carbonyl (C=O) groups is 1. The number of hydrogen-bond donors (Lipinski definition) is 1. The van der Waals surface area contributed by atoms with Gasteiger partial charge in [-0.2, -0.15) is 0 Å². The summed E-state index contributed by atoms with van der Waals surface area (Å²) in [6.45, 7) is 4.14. The van der Waals surface area contributed by atoms with Crippen LogP contribution in [0.1, 0.15) is 23.1 Å². The number of nitrogens with two attached hydrogens (primary N) is 1. The molecule has 0 aliphatic rings. The van der Waals surface area contributed by atoms with Crippen LogP contribution in [0.5, 0.6) is 0 Å². The number of rotatable bonds is 3. The van der Waals surface area contributed by atoms with E-state index in [9.17, 15) is 4.79 Å². The molecule has 0 spiro atoms. The molecule has 1 aromatic carbocycles. The lowest BCUT2D eigenvalue weighted by atomic mass is 10.0. The first kappa shape index (κ1) is 10.5. The van der Waals surface area contributed by atoms with Crippen LogP contribution in [-0.2, 0) is 4.79 Å². The number of hydrogen-bond acceptors (Lipinski definition) is 1. The van der Waals surface area contributed by atoms with Crippen molar-refractivity contribution in [2.24, 2.45) is 5.73 Å². The zero-order valence-corrected chi connectivity index (χ0v) is 8.58. The van der Waals surface area contributed by atoms with E-state index in [0.29, 0.717) is 6.42 Å². The maximum atomic E-state index is 10.5. The van der Waals surface area contributed by atoms with Crippen molar-refractivity contribution in [3.05, 3.63) is 41.0 Å². The summed E-state index contributed by atoms with van der Waals surface area (Å²) in [7, 11) is 0. The number of primary amides is 1. The zero-order valence-electron chi connectivity index (χ0n) is 8.58. The van der Waals surface area contributed by atoms with E-state index in [1.165, 1.54) is 11.1 Å². The molecule has 1 amide bonds. The number of benzene rings is 1. The van der Waals surface area contributed by atoms with Crippen LogP contribution in [0.25, 0.3) is 6.08 Å². The van der Waals surface area contributed by atoms with E-state index in [2.05, 4.69) is 19.9 Å². The molecule has 0 saturated heterocycles. The molecule has 0 unspecified atom stereocenters. The van der Waals surface area contributed by atoms with Gasteiger partial charge in [-0.05, 0) is 30.5 Å². The van der Waals surface area contributed by atoms with E-state index in [1.807, 2.05) is 18.2 Å². The van der Waals surface area contributed by atoms with Crippen LogP contribution in [0.15, 0.2) is 24.3 Å². The molecule has 0 bridgehead atoms. The van der Waals surface area contributed by atoms with Crippen molar-refractivity contribution in [1.82, 2.24) is 0 Å². The molecule has 0 heterocycles. The minimum atomic E-state index is -0.299. The minimum Gasteiger partial charge on any atom is -0.369 e. The van der Waals surface area contributed by atoms with Gasteiger partial charge in [0.2, 0.25) is 5.91 Å². The molecule has 2 nitrogen and oxygen atoms in total. The summed E-state index contributed by atoms with van der Waals surface area (Å²) >= 11 is 0. The van der Waals surface area contributed by atoms with Crippen molar-refractivity contribution in [2.75, 3.05) is 0 Å². The van der Waals surface area contributed by atoms with Gasteiger partial charge in [-0.3, -0.25) is 4.79 Å². The Morgan fingerprint density at radius 1 is 1.43 bits per heavy atom. The van der Waals surface area contributed by atoms with Crippen LogP contribution in [0.3, 0.4) is 0 Å². The average Bonchev–Trinajstić information content (AvgIpc) is 2.12. The van der Waals surface area contributed by atoms with Crippen LogP contribution in [-0.4, -0.2) is 5.91 Å². The monoisotopic (exact) mass is 189 g/mol. The van der Waals surface area contributed by atoms with E-state index < -0.39 is 0 Å². The third kappa shape index (κ3) is 2.73. The average molecular weight is 189 g/mol. The summed E-state index contributed by atoms with van der Waals surface area (Å²) in [6.07, 6.45) is 4.03. The van der Waals surface area contributed by atoms with Crippen molar-refractivity contribution in [1.29, 1.82) is 0 Å². The molecule has 2 heteroatoms. The van der Waals surface area contributed by atoms with E-state index in [1.54, 1.807) is 6.08 Å². The second kappa shape index (κ2) is 4.61. The first-order chi connectivity index (χ1) is 6.61. The quantitative estimate of drug-likeness (QED) is 0.778. The van der Waals surface area contributed by atoms with E-state index in [0.717, 1.165) is 5.56 Å². The Morgan fingerprint density at radius 2 is 2.14 bits per heavy atom. The molecule has 74 valence electrons. The van der Waals surface area contributed by atoms with E-state index in [4.69, 9.17) is 5.73 Å². The molecule has 0 atom stereocenters. The van der Waals surface area contributed by atoms with Gasteiger partial charge in [0, 0.05) is 6.42 Å². The van der Waals surface area contributed by atoms with E-state index >= 15 is 0 Å². The maximum Gasteiger partial charge on any atom is 0.221 e. The molecule has 0 aliphatic carbocycles. The van der Waals surface area contributed by atoms with Crippen molar-refractivity contribution in [3.63, 3.8) is 0 Å². The van der Waals surface area contributed by atoms with Gasteiger partial charge in [0.15, 0.2) is 0 Å². The Balaban J connectivity index is 2.81. The summed E-state index contributed by atoms with van der Waals surface area (Å²) in [5.41, 5.74) is 8.68. The molecule has 1 aromatic rings. The summed E-state index contributed by atoms with van der Waals surface area (Å²) in [5, 5.41) is 0. The SMILES string of the molecule is Cc1cccc(C=CCC(N)=O)c1C. The van der Waals surface area contributed by atoms with Crippen LogP contribution < -0.4 is 5.73 Å². The van der Waals surface area contributed by atoms with Crippen LogP contribution in [0.2, 0.25) is 0 Å². The van der Waals surface area contributed by atoms with Gasteiger partial charge < -0.3 is 5.73 Å². The van der Waals surface area contributed by atoms with Crippen molar-refractivity contribution in [3.8, 4) is 0 Å². The number of amides is 1. The summed E-state index contributed by atoms with van der Waals surface area (Å²) in [6, 6.07) is 6.10. The highest BCUT2D eigenvalue weighted by molar-refractivity contribution is 5.76. The molecule has 0 aromatic heterocycles. The van der Waals surface area contributed by atoms with Gasteiger partial charge in [-0.15, -0.1) is 0 Å². The molecular formula is C12H15NO. The fraction of sp³-hybridized carbons (Fsp3) is 0.250. The number of carbonyl (C=O) groups excluding carboxylic acids is 1. The second-order valence-electron chi connectivity index (χ2n) is 3.36. The lowest BCUT2D eigenvalue weighted by Gasteiger charge is -2.03. The highest BCUT2D eigenvalue weighted by Crippen LogP contribution is 2.14. The predicted molar refractivity (Wildman–Crippen MR) is 58.8 cm³/mol. The van der Waals surface area contributed by atoms with Gasteiger partial charge >= 0.3 is 0 Å². The van der Waals surface area contributed by atoms with E-state index in [-0.39, 0.29) is 5.91 Å².